The number of benzene rings is 1. The second kappa shape index (κ2) is 9.27. The van der Waals surface area contributed by atoms with Crippen molar-refractivity contribution in [2.24, 2.45) is 0 Å². The summed E-state index contributed by atoms with van der Waals surface area (Å²) in [6.07, 6.45) is -0.266. The van der Waals surface area contributed by atoms with Crippen LogP contribution in [0.5, 0.6) is 5.75 Å². The van der Waals surface area contributed by atoms with Gasteiger partial charge in [0.1, 0.15) is 5.75 Å². The summed E-state index contributed by atoms with van der Waals surface area (Å²) in [7, 11) is 1.63. The predicted octanol–water partition coefficient (Wildman–Crippen LogP) is 0.0569. The van der Waals surface area contributed by atoms with Crippen molar-refractivity contribution in [1.29, 1.82) is 0 Å². The second-order valence-electron chi connectivity index (χ2n) is 6.13. The highest BCUT2D eigenvalue weighted by Gasteiger charge is 2.31. The molecule has 1 aromatic rings. The molecular formula is C18H28N3O4+. The number of amides is 2. The van der Waals surface area contributed by atoms with Crippen LogP contribution in [-0.2, 0) is 16.1 Å². The van der Waals surface area contributed by atoms with Gasteiger partial charge in [-0.05, 0) is 31.5 Å². The van der Waals surface area contributed by atoms with Gasteiger partial charge in [-0.25, -0.2) is 4.79 Å². The average Bonchev–Trinajstić information content (AvgIpc) is 2.66. The van der Waals surface area contributed by atoms with Crippen molar-refractivity contribution in [2.75, 3.05) is 39.9 Å². The van der Waals surface area contributed by atoms with Crippen LogP contribution in [0.25, 0.3) is 0 Å². The van der Waals surface area contributed by atoms with Crippen molar-refractivity contribution in [3.05, 3.63) is 29.8 Å². The molecule has 2 amide bonds. The molecule has 1 aliphatic heterocycles. The van der Waals surface area contributed by atoms with Crippen LogP contribution in [0.1, 0.15) is 19.4 Å². The fraction of sp³-hybridized carbons (Fsp3) is 0.556. The molecule has 2 N–H and O–H groups in total. The highest BCUT2D eigenvalue weighted by molar-refractivity contribution is 5.79. The van der Waals surface area contributed by atoms with E-state index in [9.17, 15) is 9.59 Å². The first-order valence-corrected chi connectivity index (χ1v) is 8.72. The van der Waals surface area contributed by atoms with Crippen molar-refractivity contribution in [1.82, 2.24) is 10.2 Å². The average molecular weight is 350 g/mol. The Hall–Kier alpha value is -2.28. The van der Waals surface area contributed by atoms with Gasteiger partial charge >= 0.3 is 6.09 Å². The largest absolute Gasteiger partial charge is 0.497 e. The molecule has 0 spiro atoms. The summed E-state index contributed by atoms with van der Waals surface area (Å²) in [6, 6.07) is 7.49. The van der Waals surface area contributed by atoms with E-state index >= 15 is 0 Å². The van der Waals surface area contributed by atoms with Crippen LogP contribution in [0, 0.1) is 0 Å². The molecule has 0 bridgehead atoms. The molecule has 1 saturated heterocycles. The van der Waals surface area contributed by atoms with Gasteiger partial charge in [0.2, 0.25) is 0 Å². The number of carbonyl (C=O) groups is 2. The summed E-state index contributed by atoms with van der Waals surface area (Å²) < 4.78 is 10.1. The maximum Gasteiger partial charge on any atom is 0.410 e. The van der Waals surface area contributed by atoms with Gasteiger partial charge in [0, 0.05) is 6.54 Å². The van der Waals surface area contributed by atoms with Gasteiger partial charge in [-0.15, -0.1) is 0 Å². The Morgan fingerprint density at radius 1 is 1.24 bits per heavy atom. The summed E-state index contributed by atoms with van der Waals surface area (Å²) in [5, 5.41) is 2.98. The van der Waals surface area contributed by atoms with Gasteiger partial charge in [-0.2, -0.15) is 0 Å². The van der Waals surface area contributed by atoms with Crippen LogP contribution < -0.4 is 15.0 Å². The van der Waals surface area contributed by atoms with Crippen molar-refractivity contribution >= 4 is 12.0 Å². The van der Waals surface area contributed by atoms with Crippen LogP contribution in [0.15, 0.2) is 24.3 Å². The van der Waals surface area contributed by atoms with E-state index in [1.54, 1.807) is 18.9 Å². The number of rotatable bonds is 6. The lowest BCUT2D eigenvalue weighted by Crippen LogP contribution is -3.19. The molecule has 0 saturated carbocycles. The zero-order valence-corrected chi connectivity index (χ0v) is 15.2. The number of hydrogen-bond donors (Lipinski definition) is 2. The van der Waals surface area contributed by atoms with E-state index in [0.717, 1.165) is 24.4 Å². The maximum atomic E-state index is 12.4. The normalized spacial score (nSPS) is 16.2. The lowest BCUT2D eigenvalue weighted by atomic mass is 10.2. The summed E-state index contributed by atoms with van der Waals surface area (Å²) >= 11 is 0. The summed E-state index contributed by atoms with van der Waals surface area (Å²) in [6.45, 7) is 7.33. The predicted molar refractivity (Wildman–Crippen MR) is 93.6 cm³/mol. The number of carbonyl (C=O) groups excluding carboxylic acids is 2. The van der Waals surface area contributed by atoms with E-state index in [0.29, 0.717) is 26.2 Å². The van der Waals surface area contributed by atoms with E-state index in [4.69, 9.17) is 9.47 Å². The Labute approximate surface area is 148 Å². The van der Waals surface area contributed by atoms with Crippen LogP contribution in [0.4, 0.5) is 4.79 Å². The number of nitrogens with zero attached hydrogens (tertiary/aromatic N) is 1. The first-order valence-electron chi connectivity index (χ1n) is 8.72. The van der Waals surface area contributed by atoms with Crippen LogP contribution >= 0.6 is 0 Å². The third-order valence-electron chi connectivity index (χ3n) is 4.56. The topological polar surface area (TPSA) is 72.3 Å². The monoisotopic (exact) mass is 350 g/mol. The molecule has 138 valence electrons. The molecule has 0 aromatic heterocycles. The highest BCUT2D eigenvalue weighted by Crippen LogP contribution is 2.10. The zero-order chi connectivity index (χ0) is 18.2. The minimum absolute atomic E-state index is 0.0235. The lowest BCUT2D eigenvalue weighted by Gasteiger charge is -2.34. The van der Waals surface area contributed by atoms with E-state index in [2.05, 4.69) is 5.32 Å². The molecule has 7 nitrogen and oxygen atoms in total. The minimum atomic E-state index is -0.266. The quantitative estimate of drug-likeness (QED) is 0.761. The molecule has 1 heterocycles. The van der Waals surface area contributed by atoms with Crippen LogP contribution in [0.2, 0.25) is 0 Å². The molecule has 2 rings (SSSR count). The zero-order valence-electron chi connectivity index (χ0n) is 15.2. The Balaban J connectivity index is 1.77. The Morgan fingerprint density at radius 3 is 2.44 bits per heavy atom. The molecule has 0 radical (unpaired) electrons. The van der Waals surface area contributed by atoms with Crippen LogP contribution in [0.3, 0.4) is 0 Å². The summed E-state index contributed by atoms with van der Waals surface area (Å²) in [5.41, 5.74) is 1.03. The fourth-order valence-electron chi connectivity index (χ4n) is 2.90. The van der Waals surface area contributed by atoms with Gasteiger partial charge in [-0.3, -0.25) is 9.69 Å². The van der Waals surface area contributed by atoms with Gasteiger partial charge in [0.05, 0.1) is 39.9 Å². The van der Waals surface area contributed by atoms with Crippen molar-refractivity contribution < 1.29 is 24.0 Å². The van der Waals surface area contributed by atoms with Gasteiger partial charge in [0.25, 0.3) is 5.91 Å². The number of hydrogen-bond acceptors (Lipinski definition) is 4. The highest BCUT2D eigenvalue weighted by atomic mass is 16.6. The third kappa shape index (κ3) is 5.35. The second-order valence-corrected chi connectivity index (χ2v) is 6.13. The number of piperazine rings is 1. The van der Waals surface area contributed by atoms with E-state index in [1.807, 2.05) is 31.2 Å². The van der Waals surface area contributed by atoms with Crippen molar-refractivity contribution in [2.45, 2.75) is 26.4 Å². The standard InChI is InChI=1S/C18H27N3O4/c1-4-25-18(23)21-11-9-20(10-12-21)14(2)17(22)19-13-15-5-7-16(24-3)8-6-15/h5-8,14H,4,9-13H2,1-3H3,(H,19,22)/p+1/t14-/m1/s1. The molecule has 7 heteroatoms. The lowest BCUT2D eigenvalue weighted by molar-refractivity contribution is -0.918. The first kappa shape index (κ1) is 19.1. The van der Waals surface area contributed by atoms with E-state index in [-0.39, 0.29) is 18.0 Å². The Kier molecular flexibility index (Phi) is 7.06. The van der Waals surface area contributed by atoms with E-state index < -0.39 is 0 Å². The number of quaternary nitrogens is 1. The molecule has 25 heavy (non-hydrogen) atoms. The molecule has 1 atom stereocenters. The minimum Gasteiger partial charge on any atom is -0.497 e. The van der Waals surface area contributed by atoms with Gasteiger partial charge in [0.15, 0.2) is 6.04 Å². The molecule has 1 aromatic carbocycles. The molecular weight excluding hydrogens is 322 g/mol. The fourth-order valence-corrected chi connectivity index (χ4v) is 2.90. The Bertz CT molecular complexity index is 568. The van der Waals surface area contributed by atoms with Crippen molar-refractivity contribution in [3.8, 4) is 5.75 Å². The number of methoxy groups -OCH3 is 1. The summed E-state index contributed by atoms with van der Waals surface area (Å²) in [5.74, 6) is 0.822. The smallest absolute Gasteiger partial charge is 0.410 e. The van der Waals surface area contributed by atoms with Crippen molar-refractivity contribution in [3.63, 3.8) is 0 Å². The van der Waals surface area contributed by atoms with E-state index in [1.165, 1.54) is 4.90 Å². The molecule has 1 aliphatic rings. The molecule has 0 aliphatic carbocycles. The Morgan fingerprint density at radius 2 is 1.88 bits per heavy atom. The first-order chi connectivity index (χ1) is 12.0. The van der Waals surface area contributed by atoms with Gasteiger partial charge in [-0.1, -0.05) is 12.1 Å². The molecule has 1 fully saturated rings. The van der Waals surface area contributed by atoms with Gasteiger partial charge < -0.3 is 19.7 Å². The SMILES string of the molecule is CCOC(=O)N1CC[NH+]([C@H](C)C(=O)NCc2ccc(OC)cc2)CC1. The van der Waals surface area contributed by atoms with Crippen LogP contribution in [-0.4, -0.2) is 62.8 Å². The number of ether oxygens (including phenoxy) is 2. The summed E-state index contributed by atoms with van der Waals surface area (Å²) in [4.78, 5) is 27.0. The maximum absolute atomic E-state index is 12.4. The number of nitrogens with one attached hydrogen (secondary N) is 2. The molecule has 0 unspecified atom stereocenters. The third-order valence-corrected chi connectivity index (χ3v) is 4.56.